The second-order valence-electron chi connectivity index (χ2n) is 14.6. The summed E-state index contributed by atoms with van der Waals surface area (Å²) in [6.07, 6.45) is 4.71. The summed E-state index contributed by atoms with van der Waals surface area (Å²) >= 11 is 3.61. The molecule has 2 saturated heterocycles. The largest absolute Gasteiger partial charge is 0.455 e. The highest BCUT2D eigenvalue weighted by Gasteiger charge is 2.75. The van der Waals surface area contributed by atoms with Crippen LogP contribution in [0.4, 0.5) is 0 Å². The zero-order valence-corrected chi connectivity index (χ0v) is 30.1. The number of allylic oxidation sites excluding steroid dienone is 1. The Hall–Kier alpha value is -3.06. The highest BCUT2D eigenvalue weighted by atomic mass is 79.9. The molecular formula is C36H48BrN3O8. The van der Waals surface area contributed by atoms with E-state index in [1.807, 2.05) is 77.1 Å². The van der Waals surface area contributed by atoms with Crippen molar-refractivity contribution in [2.75, 3.05) is 26.9 Å². The number of aliphatic hydroxyl groups excluding tert-OH is 1. The summed E-state index contributed by atoms with van der Waals surface area (Å²) in [7, 11) is 1.51. The third-order valence-electron chi connectivity index (χ3n) is 9.72. The highest BCUT2D eigenvalue weighted by molar-refractivity contribution is 9.11. The van der Waals surface area contributed by atoms with Crippen LogP contribution >= 0.6 is 15.9 Å². The summed E-state index contributed by atoms with van der Waals surface area (Å²) in [6.45, 7) is 9.67. The zero-order chi connectivity index (χ0) is 35.0. The topological polar surface area (TPSA) is 135 Å². The van der Waals surface area contributed by atoms with Gasteiger partial charge in [0.25, 0.3) is 0 Å². The van der Waals surface area contributed by atoms with E-state index in [2.05, 4.69) is 21.2 Å². The molecule has 1 spiro atoms. The quantitative estimate of drug-likeness (QED) is 0.321. The van der Waals surface area contributed by atoms with Crippen molar-refractivity contribution < 1.29 is 38.5 Å². The van der Waals surface area contributed by atoms with Gasteiger partial charge in [-0.1, -0.05) is 72.3 Å². The van der Waals surface area contributed by atoms with Crippen molar-refractivity contribution in [3.8, 4) is 0 Å². The molecule has 0 unspecified atom stereocenters. The number of ether oxygens (including phenoxy) is 3. The molecule has 4 heterocycles. The first kappa shape index (κ1) is 36.2. The van der Waals surface area contributed by atoms with E-state index >= 15 is 0 Å². The Labute approximate surface area is 291 Å². The predicted molar refractivity (Wildman–Crippen MR) is 181 cm³/mol. The Kier molecular flexibility index (Phi) is 10.9. The minimum Gasteiger partial charge on any atom is -0.455 e. The fraction of sp³-hybridized carbons (Fsp3) is 0.611. The molecule has 5 rings (SSSR count). The Morgan fingerprint density at radius 2 is 1.79 bits per heavy atom. The molecule has 4 aliphatic heterocycles. The van der Waals surface area contributed by atoms with Crippen LogP contribution in [0.2, 0.25) is 0 Å². The normalized spacial score (nSPS) is 32.6. The maximum absolute atomic E-state index is 14.9. The van der Waals surface area contributed by atoms with E-state index in [0.29, 0.717) is 22.9 Å². The average molecular weight is 731 g/mol. The fourth-order valence-electron chi connectivity index (χ4n) is 7.67. The minimum absolute atomic E-state index is 0.0627. The first-order chi connectivity index (χ1) is 22.7. The number of hydrogen-bond donors (Lipinski definition) is 2. The van der Waals surface area contributed by atoms with Crippen molar-refractivity contribution in [1.29, 1.82) is 0 Å². The molecule has 4 aliphatic rings. The molecule has 0 saturated carbocycles. The number of likely N-dealkylation sites (tertiary alicyclic amines) is 1. The number of methoxy groups -OCH3 is 1. The van der Waals surface area contributed by atoms with E-state index in [4.69, 9.17) is 14.2 Å². The number of amides is 3. The van der Waals surface area contributed by atoms with Crippen LogP contribution in [-0.2, 0) is 33.4 Å². The molecule has 0 radical (unpaired) electrons. The Balaban J connectivity index is 1.67. The van der Waals surface area contributed by atoms with Gasteiger partial charge < -0.3 is 34.4 Å². The second kappa shape index (κ2) is 14.4. The summed E-state index contributed by atoms with van der Waals surface area (Å²) in [5.74, 6) is -3.78. The van der Waals surface area contributed by atoms with Gasteiger partial charge in [0, 0.05) is 30.1 Å². The van der Waals surface area contributed by atoms with Crippen molar-refractivity contribution in [3.63, 3.8) is 0 Å². The number of esters is 1. The molecule has 1 aromatic rings. The number of carbonyl (C=O) groups excluding carboxylic acids is 4. The number of hydrogen-bond acceptors (Lipinski definition) is 8. The molecular weight excluding hydrogens is 682 g/mol. The molecule has 0 aliphatic carbocycles. The monoisotopic (exact) mass is 729 g/mol. The Morgan fingerprint density at radius 1 is 1.08 bits per heavy atom. The van der Waals surface area contributed by atoms with E-state index in [9.17, 15) is 24.3 Å². The van der Waals surface area contributed by atoms with Crippen molar-refractivity contribution in [2.45, 2.75) is 95.4 Å². The van der Waals surface area contributed by atoms with Gasteiger partial charge in [-0.15, -0.1) is 0 Å². The van der Waals surface area contributed by atoms with Crippen LogP contribution in [0.3, 0.4) is 0 Å². The summed E-state index contributed by atoms with van der Waals surface area (Å²) in [5, 5.41) is 13.7. The molecule has 262 valence electrons. The number of aliphatic hydroxyl groups is 1. The molecule has 2 N–H and O–H groups in total. The van der Waals surface area contributed by atoms with Crippen LogP contribution < -0.4 is 5.32 Å². The van der Waals surface area contributed by atoms with Crippen LogP contribution in [-0.4, -0.2) is 101 Å². The SMILES string of the molecule is COC[C@H]1NC(=O)CC/C=C\CN(C(C)(C)C)C(=O)[C@@H]2N([C@@H](CO)CC(C)C)C(=O)[C@H]3[C@H](C(=O)O[C@@H]1c1ccccc1)[C@H]1O[C@@]23C=C1Br. The lowest BCUT2D eigenvalue weighted by Crippen LogP contribution is -2.61. The van der Waals surface area contributed by atoms with Gasteiger partial charge in [-0.25, -0.2) is 0 Å². The van der Waals surface area contributed by atoms with Crippen LogP contribution in [0.1, 0.15) is 65.5 Å². The Morgan fingerprint density at radius 3 is 2.42 bits per heavy atom. The number of benzene rings is 1. The molecule has 8 atom stereocenters. The zero-order valence-electron chi connectivity index (χ0n) is 28.6. The maximum atomic E-state index is 14.9. The van der Waals surface area contributed by atoms with Crippen LogP contribution in [0, 0.1) is 17.8 Å². The van der Waals surface area contributed by atoms with Gasteiger partial charge in [0.2, 0.25) is 17.7 Å². The van der Waals surface area contributed by atoms with Gasteiger partial charge in [-0.2, -0.15) is 0 Å². The summed E-state index contributed by atoms with van der Waals surface area (Å²) in [6, 6.07) is 6.54. The first-order valence-corrected chi connectivity index (χ1v) is 17.5. The lowest BCUT2D eigenvalue weighted by Gasteiger charge is -2.43. The van der Waals surface area contributed by atoms with E-state index in [1.165, 1.54) is 12.0 Å². The van der Waals surface area contributed by atoms with Gasteiger partial charge in [0.05, 0.1) is 31.2 Å². The van der Waals surface area contributed by atoms with Gasteiger partial charge in [0.1, 0.15) is 29.8 Å². The third-order valence-corrected chi connectivity index (χ3v) is 10.4. The third kappa shape index (κ3) is 6.73. The maximum Gasteiger partial charge on any atom is 0.313 e. The van der Waals surface area contributed by atoms with Crippen molar-refractivity contribution in [2.24, 2.45) is 17.8 Å². The lowest BCUT2D eigenvalue weighted by atomic mass is 9.74. The van der Waals surface area contributed by atoms with Crippen LogP contribution in [0.15, 0.2) is 53.0 Å². The van der Waals surface area contributed by atoms with Crippen molar-refractivity contribution >= 4 is 39.6 Å². The van der Waals surface area contributed by atoms with E-state index in [-0.39, 0.29) is 43.9 Å². The van der Waals surface area contributed by atoms with Gasteiger partial charge in [0.15, 0.2) is 0 Å². The van der Waals surface area contributed by atoms with Gasteiger partial charge in [-0.3, -0.25) is 19.2 Å². The van der Waals surface area contributed by atoms with E-state index in [1.54, 1.807) is 11.0 Å². The molecule has 0 aromatic heterocycles. The number of rotatable bonds is 7. The lowest BCUT2D eigenvalue weighted by molar-refractivity contribution is -0.163. The number of cyclic esters (lactones) is 1. The van der Waals surface area contributed by atoms with Gasteiger partial charge >= 0.3 is 5.97 Å². The standard InChI is InChI=1S/C36H48BrN3O8/c1-21(2)17-23(19-41)40-31-33(44)39(35(3,4)5)16-12-8-11-15-26(42)38-25(20-46-6)29(22-13-9-7-10-14-22)47-34(45)27-28(32(40)43)36(31)18-24(37)30(27)48-36/h7-10,12-14,18,21,23,25,27-31,41H,11,15-17,19-20H2,1-6H3,(H,38,42)/b12-8-/t23-,25-,27+,28-,29-,30+,31+,36-/m1/s1. The van der Waals surface area contributed by atoms with Gasteiger partial charge in [-0.05, 0) is 51.2 Å². The number of nitrogens with one attached hydrogen (secondary N) is 1. The Bertz CT molecular complexity index is 1440. The molecule has 2 fully saturated rings. The molecule has 48 heavy (non-hydrogen) atoms. The average Bonchev–Trinajstić information content (AvgIpc) is 3.62. The highest BCUT2D eigenvalue weighted by Crippen LogP contribution is 2.59. The fourth-order valence-corrected chi connectivity index (χ4v) is 8.40. The van der Waals surface area contributed by atoms with E-state index < -0.39 is 65.2 Å². The van der Waals surface area contributed by atoms with E-state index in [0.717, 1.165) is 0 Å². The second-order valence-corrected chi connectivity index (χ2v) is 15.5. The number of carbonyl (C=O) groups is 4. The number of halogens is 1. The number of nitrogens with zero attached hydrogens (tertiary/aromatic N) is 2. The molecule has 12 heteroatoms. The van der Waals surface area contributed by atoms with Crippen molar-refractivity contribution in [3.05, 3.63) is 58.6 Å². The van der Waals surface area contributed by atoms with Crippen molar-refractivity contribution in [1.82, 2.24) is 15.1 Å². The summed E-state index contributed by atoms with van der Waals surface area (Å²) < 4.78 is 19.0. The first-order valence-electron chi connectivity index (χ1n) is 16.7. The summed E-state index contributed by atoms with van der Waals surface area (Å²) in [5.41, 5.74) is -1.50. The molecule has 11 nitrogen and oxygen atoms in total. The van der Waals surface area contributed by atoms with Crippen LogP contribution in [0.5, 0.6) is 0 Å². The molecule has 1 aromatic carbocycles. The van der Waals surface area contributed by atoms with Crippen LogP contribution in [0.25, 0.3) is 0 Å². The smallest absolute Gasteiger partial charge is 0.313 e. The number of fused-ring (bicyclic) bond motifs is 2. The molecule has 3 amide bonds. The molecule has 5 bridgehead atoms. The predicted octanol–water partition coefficient (Wildman–Crippen LogP) is 3.66. The summed E-state index contributed by atoms with van der Waals surface area (Å²) in [4.78, 5) is 60.5. The minimum atomic E-state index is -1.48.